The molecule has 0 aliphatic heterocycles. The zero-order chi connectivity index (χ0) is 28.5. The molecule has 0 bridgehead atoms. The van der Waals surface area contributed by atoms with Gasteiger partial charge in [0, 0.05) is 16.1 Å². The maximum Gasteiger partial charge on any atom is 0.357 e. The molecule has 7 nitrogen and oxygen atoms in total. The van der Waals surface area contributed by atoms with E-state index in [1.54, 1.807) is 48.7 Å². The molecule has 0 spiro atoms. The molecule has 1 heterocycles. The van der Waals surface area contributed by atoms with Gasteiger partial charge in [0.25, 0.3) is 5.56 Å². The van der Waals surface area contributed by atoms with Gasteiger partial charge in [0.2, 0.25) is 0 Å². The Morgan fingerprint density at radius 3 is 2.23 bits per heavy atom. The summed E-state index contributed by atoms with van der Waals surface area (Å²) in [5.41, 5.74) is 0.975. The van der Waals surface area contributed by atoms with Crippen LogP contribution < -0.4 is 10.9 Å². The largest absolute Gasteiger partial charge is 0.368 e. The van der Waals surface area contributed by atoms with Crippen molar-refractivity contribution in [3.05, 3.63) is 112 Å². The van der Waals surface area contributed by atoms with Crippen molar-refractivity contribution in [2.75, 3.05) is 18.5 Å². The molecule has 11 heteroatoms. The van der Waals surface area contributed by atoms with Crippen molar-refractivity contribution in [2.45, 2.75) is 42.3 Å². The van der Waals surface area contributed by atoms with Crippen LogP contribution >= 0.6 is 31.0 Å². The highest BCUT2D eigenvalue weighted by molar-refractivity contribution is 7.99. The van der Waals surface area contributed by atoms with Gasteiger partial charge in [-0.15, -0.1) is 0 Å². The third-order valence-electron chi connectivity index (χ3n) is 5.74. The van der Waals surface area contributed by atoms with E-state index in [4.69, 9.17) is 20.6 Å². The number of para-hydroxylation sites is 1. The minimum Gasteiger partial charge on any atom is -0.368 e. The SMILES string of the molecule is CCCOP(=O)(OCCC)C(Nc1ccc(Sc2cnn(-c3ccccc3)c(=O)c2Cl)cc1)c1ccccc1F. The van der Waals surface area contributed by atoms with Gasteiger partial charge in [-0.05, 0) is 55.3 Å². The molecule has 40 heavy (non-hydrogen) atoms. The summed E-state index contributed by atoms with van der Waals surface area (Å²) in [6, 6.07) is 22.3. The molecule has 4 aromatic rings. The molecular formula is C29H30ClFN3O4PS. The first-order valence-electron chi connectivity index (χ1n) is 12.9. The van der Waals surface area contributed by atoms with Gasteiger partial charge in [-0.3, -0.25) is 9.36 Å². The highest BCUT2D eigenvalue weighted by Gasteiger charge is 2.39. The molecule has 1 aromatic heterocycles. The van der Waals surface area contributed by atoms with Crippen LogP contribution in [0, 0.1) is 5.82 Å². The van der Waals surface area contributed by atoms with Crippen LogP contribution in [-0.4, -0.2) is 23.0 Å². The van der Waals surface area contributed by atoms with Gasteiger partial charge >= 0.3 is 7.60 Å². The molecule has 210 valence electrons. The number of benzene rings is 3. The lowest BCUT2D eigenvalue weighted by molar-refractivity contribution is 0.198. The molecule has 0 aliphatic carbocycles. The second kappa shape index (κ2) is 14.1. The fourth-order valence-electron chi connectivity index (χ4n) is 3.79. The summed E-state index contributed by atoms with van der Waals surface area (Å²) in [6.07, 6.45) is 2.81. The van der Waals surface area contributed by atoms with Gasteiger partial charge in [0.05, 0.1) is 30.0 Å². The topological polar surface area (TPSA) is 82.4 Å². The van der Waals surface area contributed by atoms with Gasteiger partial charge in [-0.2, -0.15) is 9.78 Å². The number of nitrogens with zero attached hydrogens (tertiary/aromatic N) is 2. The predicted octanol–water partition coefficient (Wildman–Crippen LogP) is 8.33. The second-order valence-corrected chi connectivity index (χ2v) is 12.4. The summed E-state index contributed by atoms with van der Waals surface area (Å²) in [7, 11) is -3.80. The minimum atomic E-state index is -3.80. The van der Waals surface area contributed by atoms with E-state index in [0.717, 1.165) is 4.90 Å². The summed E-state index contributed by atoms with van der Waals surface area (Å²) in [5.74, 6) is -1.57. The molecule has 1 unspecified atom stereocenters. The second-order valence-electron chi connectivity index (χ2n) is 8.78. The number of nitrogens with one attached hydrogen (secondary N) is 1. The number of aromatic nitrogens is 2. The summed E-state index contributed by atoms with van der Waals surface area (Å²) < 4.78 is 41.6. The summed E-state index contributed by atoms with van der Waals surface area (Å²) in [4.78, 5) is 14.1. The van der Waals surface area contributed by atoms with Gasteiger partial charge in [-0.1, -0.05) is 73.6 Å². The summed E-state index contributed by atoms with van der Waals surface area (Å²) in [5, 5.41) is 7.51. The Labute approximate surface area is 242 Å². The van der Waals surface area contributed by atoms with Gasteiger partial charge < -0.3 is 14.4 Å². The third kappa shape index (κ3) is 7.22. The van der Waals surface area contributed by atoms with Crippen molar-refractivity contribution in [3.63, 3.8) is 0 Å². The van der Waals surface area contributed by atoms with Crippen molar-refractivity contribution >= 4 is 36.6 Å². The van der Waals surface area contributed by atoms with E-state index in [1.807, 2.05) is 44.2 Å². The molecule has 1 N–H and O–H groups in total. The van der Waals surface area contributed by atoms with Crippen LogP contribution in [0.3, 0.4) is 0 Å². The van der Waals surface area contributed by atoms with E-state index in [-0.39, 0.29) is 23.8 Å². The van der Waals surface area contributed by atoms with E-state index in [1.165, 1.54) is 22.5 Å². The van der Waals surface area contributed by atoms with Crippen LogP contribution in [0.5, 0.6) is 0 Å². The molecule has 0 saturated heterocycles. The Balaban J connectivity index is 1.58. The predicted molar refractivity (Wildman–Crippen MR) is 158 cm³/mol. The van der Waals surface area contributed by atoms with Crippen molar-refractivity contribution in [3.8, 4) is 5.69 Å². The van der Waals surface area contributed by atoms with E-state index >= 15 is 0 Å². The Morgan fingerprint density at radius 1 is 0.975 bits per heavy atom. The number of hydrogen-bond acceptors (Lipinski definition) is 7. The minimum absolute atomic E-state index is 0.0627. The quantitative estimate of drug-likeness (QED) is 0.154. The Morgan fingerprint density at radius 2 is 1.60 bits per heavy atom. The zero-order valence-electron chi connectivity index (χ0n) is 22.1. The smallest absolute Gasteiger partial charge is 0.357 e. The van der Waals surface area contributed by atoms with Gasteiger partial charge in [0.15, 0.2) is 5.78 Å². The lowest BCUT2D eigenvalue weighted by atomic mass is 10.2. The number of halogens is 2. The molecule has 4 rings (SSSR count). The van der Waals surface area contributed by atoms with Crippen molar-refractivity contribution in [1.82, 2.24) is 9.78 Å². The molecule has 0 radical (unpaired) electrons. The van der Waals surface area contributed by atoms with Crippen LogP contribution in [-0.2, 0) is 13.6 Å². The monoisotopic (exact) mass is 601 g/mol. The number of hydrogen-bond donors (Lipinski definition) is 1. The molecule has 0 amide bonds. The Bertz CT molecular complexity index is 1510. The first-order valence-corrected chi connectivity index (χ1v) is 15.7. The van der Waals surface area contributed by atoms with Crippen LogP contribution in [0.2, 0.25) is 5.02 Å². The fourth-order valence-corrected chi connectivity index (χ4v) is 6.94. The first kappa shape index (κ1) is 30.0. The first-order chi connectivity index (χ1) is 19.4. The number of anilines is 1. The zero-order valence-corrected chi connectivity index (χ0v) is 24.6. The Kier molecular flexibility index (Phi) is 10.6. The average molecular weight is 602 g/mol. The van der Waals surface area contributed by atoms with Crippen LogP contribution in [0.25, 0.3) is 5.69 Å². The van der Waals surface area contributed by atoms with Gasteiger partial charge in [-0.25, -0.2) is 4.39 Å². The van der Waals surface area contributed by atoms with Gasteiger partial charge in [0.1, 0.15) is 10.8 Å². The van der Waals surface area contributed by atoms with Crippen LogP contribution in [0.1, 0.15) is 38.0 Å². The molecule has 0 aliphatic rings. The summed E-state index contributed by atoms with van der Waals surface area (Å²) in [6.45, 7) is 4.22. The van der Waals surface area contributed by atoms with E-state index in [0.29, 0.717) is 29.1 Å². The maximum atomic E-state index is 14.9. The van der Waals surface area contributed by atoms with Crippen LogP contribution in [0.4, 0.5) is 10.1 Å². The highest BCUT2D eigenvalue weighted by atomic mass is 35.5. The average Bonchev–Trinajstić information content (AvgIpc) is 2.98. The molecule has 1 atom stereocenters. The lowest BCUT2D eigenvalue weighted by Gasteiger charge is -2.29. The third-order valence-corrected chi connectivity index (χ3v) is 9.38. The van der Waals surface area contributed by atoms with E-state index in [2.05, 4.69) is 10.4 Å². The standard InChI is InChI=1S/C29H30ClFN3O4PS/c1-3-18-37-39(36,38-19-4-2)28(24-12-8-9-13-25(24)31)33-21-14-16-23(17-15-21)40-26-20-32-34(29(35)27(26)30)22-10-6-5-7-11-22/h5-17,20,28,33H,3-4,18-19H2,1-2H3. The normalized spacial score (nSPS) is 12.3. The van der Waals surface area contributed by atoms with Crippen molar-refractivity contribution in [1.29, 1.82) is 0 Å². The maximum absolute atomic E-state index is 14.9. The fraction of sp³-hybridized carbons (Fsp3) is 0.241. The van der Waals surface area contributed by atoms with E-state index in [9.17, 15) is 13.8 Å². The van der Waals surface area contributed by atoms with Crippen molar-refractivity contribution < 1.29 is 18.0 Å². The molecule has 0 saturated carbocycles. The van der Waals surface area contributed by atoms with Crippen molar-refractivity contribution in [2.24, 2.45) is 0 Å². The number of rotatable bonds is 13. The van der Waals surface area contributed by atoms with E-state index < -0.39 is 24.8 Å². The molecule has 0 fully saturated rings. The van der Waals surface area contributed by atoms with Crippen LogP contribution in [0.15, 0.2) is 99.6 Å². The summed E-state index contributed by atoms with van der Waals surface area (Å²) >= 11 is 7.70. The molecular weight excluding hydrogens is 572 g/mol. The lowest BCUT2D eigenvalue weighted by Crippen LogP contribution is -2.21. The highest BCUT2D eigenvalue weighted by Crippen LogP contribution is 2.61. The Hall–Kier alpha value is -2.94. The molecule has 3 aromatic carbocycles.